The second-order valence-corrected chi connectivity index (χ2v) is 6.88. The number of aromatic amines is 1. The summed E-state index contributed by atoms with van der Waals surface area (Å²) in [5.74, 6) is 0.186. The molecule has 130 valence electrons. The number of carbonyl (C=O) groups is 1. The number of anilines is 1. The summed E-state index contributed by atoms with van der Waals surface area (Å²) >= 11 is 1.42. The summed E-state index contributed by atoms with van der Waals surface area (Å²) in [6, 6.07) is 12.9. The summed E-state index contributed by atoms with van der Waals surface area (Å²) in [6.07, 6.45) is 1.56. The molecule has 4 aromatic rings. The van der Waals surface area contributed by atoms with E-state index >= 15 is 0 Å². The quantitative estimate of drug-likeness (QED) is 0.580. The fourth-order valence-electron chi connectivity index (χ4n) is 2.70. The van der Waals surface area contributed by atoms with E-state index in [0.29, 0.717) is 21.7 Å². The van der Waals surface area contributed by atoms with Crippen molar-refractivity contribution in [3.8, 4) is 5.75 Å². The first-order valence-corrected chi connectivity index (χ1v) is 8.82. The fourth-order valence-corrected chi connectivity index (χ4v) is 3.68. The van der Waals surface area contributed by atoms with Crippen molar-refractivity contribution in [1.82, 2.24) is 9.97 Å². The third-order valence-electron chi connectivity index (χ3n) is 3.92. The van der Waals surface area contributed by atoms with Crippen molar-refractivity contribution in [2.75, 3.05) is 11.9 Å². The maximum absolute atomic E-state index is 12.2. The predicted octanol–water partition coefficient (Wildman–Crippen LogP) is 3.46. The molecule has 26 heavy (non-hydrogen) atoms. The number of benzene rings is 2. The zero-order valence-electron chi connectivity index (χ0n) is 13.9. The third-order valence-corrected chi connectivity index (χ3v) is 4.86. The van der Waals surface area contributed by atoms with Crippen LogP contribution in [-0.4, -0.2) is 22.5 Å². The number of pyridine rings is 1. The van der Waals surface area contributed by atoms with Crippen LogP contribution in [0.2, 0.25) is 0 Å². The van der Waals surface area contributed by atoms with Crippen molar-refractivity contribution in [2.45, 2.75) is 6.92 Å². The molecule has 6 nitrogen and oxygen atoms in total. The Kier molecular flexibility index (Phi) is 4.14. The second-order valence-electron chi connectivity index (χ2n) is 5.85. The number of thiazole rings is 1. The topological polar surface area (TPSA) is 84.1 Å². The van der Waals surface area contributed by atoms with Crippen LogP contribution in [0.5, 0.6) is 5.75 Å². The van der Waals surface area contributed by atoms with Gasteiger partial charge < -0.3 is 9.72 Å². The Hall–Kier alpha value is -3.19. The normalized spacial score (nSPS) is 11.0. The van der Waals surface area contributed by atoms with E-state index in [1.54, 1.807) is 30.5 Å². The summed E-state index contributed by atoms with van der Waals surface area (Å²) in [4.78, 5) is 31.0. The Balaban J connectivity index is 1.48. The van der Waals surface area contributed by atoms with Crippen molar-refractivity contribution in [2.24, 2.45) is 0 Å². The Morgan fingerprint density at radius 3 is 3.00 bits per heavy atom. The van der Waals surface area contributed by atoms with Gasteiger partial charge in [-0.1, -0.05) is 23.5 Å². The molecule has 0 aliphatic heterocycles. The van der Waals surface area contributed by atoms with E-state index in [9.17, 15) is 9.59 Å². The SMILES string of the molecule is Cc1ccc2nc(NC(=O)COc3cccc4c(=O)[nH]ccc34)sc2c1. The molecule has 0 saturated heterocycles. The number of hydrogen-bond donors (Lipinski definition) is 2. The molecule has 0 atom stereocenters. The number of aromatic nitrogens is 2. The van der Waals surface area contributed by atoms with Crippen molar-refractivity contribution < 1.29 is 9.53 Å². The van der Waals surface area contributed by atoms with Crippen LogP contribution >= 0.6 is 11.3 Å². The van der Waals surface area contributed by atoms with E-state index in [0.717, 1.165) is 15.8 Å². The Labute approximate surface area is 152 Å². The smallest absolute Gasteiger partial charge is 0.264 e. The van der Waals surface area contributed by atoms with E-state index in [1.165, 1.54) is 11.3 Å². The molecule has 7 heteroatoms. The van der Waals surface area contributed by atoms with Crippen LogP contribution in [0, 0.1) is 6.92 Å². The number of aryl methyl sites for hydroxylation is 1. The molecule has 0 unspecified atom stereocenters. The first-order chi connectivity index (χ1) is 12.6. The summed E-state index contributed by atoms with van der Waals surface area (Å²) in [5, 5.41) is 4.48. The lowest BCUT2D eigenvalue weighted by atomic mass is 10.1. The van der Waals surface area contributed by atoms with Gasteiger partial charge >= 0.3 is 0 Å². The fraction of sp³-hybridized carbons (Fsp3) is 0.105. The predicted molar refractivity (Wildman–Crippen MR) is 103 cm³/mol. The number of nitrogens with zero attached hydrogens (tertiary/aromatic N) is 1. The monoisotopic (exact) mass is 365 g/mol. The lowest BCUT2D eigenvalue weighted by Crippen LogP contribution is -2.20. The van der Waals surface area contributed by atoms with Gasteiger partial charge in [-0.25, -0.2) is 4.98 Å². The van der Waals surface area contributed by atoms with Crippen LogP contribution in [0.4, 0.5) is 5.13 Å². The summed E-state index contributed by atoms with van der Waals surface area (Å²) < 4.78 is 6.64. The van der Waals surface area contributed by atoms with Gasteiger partial charge in [-0.15, -0.1) is 0 Å². The first kappa shape index (κ1) is 16.3. The maximum atomic E-state index is 12.2. The van der Waals surface area contributed by atoms with Gasteiger partial charge in [0.2, 0.25) is 0 Å². The highest BCUT2D eigenvalue weighted by Gasteiger charge is 2.10. The van der Waals surface area contributed by atoms with Crippen molar-refractivity contribution in [1.29, 1.82) is 0 Å². The van der Waals surface area contributed by atoms with Crippen LogP contribution in [-0.2, 0) is 4.79 Å². The molecule has 0 aliphatic rings. The van der Waals surface area contributed by atoms with E-state index < -0.39 is 0 Å². The highest BCUT2D eigenvalue weighted by molar-refractivity contribution is 7.22. The highest BCUT2D eigenvalue weighted by Crippen LogP contribution is 2.27. The largest absolute Gasteiger partial charge is 0.483 e. The Morgan fingerprint density at radius 2 is 2.12 bits per heavy atom. The number of ether oxygens (including phenoxy) is 1. The number of H-pyrrole nitrogens is 1. The van der Waals surface area contributed by atoms with Crippen LogP contribution in [0.25, 0.3) is 21.0 Å². The summed E-state index contributed by atoms with van der Waals surface area (Å²) in [7, 11) is 0. The highest BCUT2D eigenvalue weighted by atomic mass is 32.1. The van der Waals surface area contributed by atoms with Gasteiger partial charge in [0.25, 0.3) is 11.5 Å². The van der Waals surface area contributed by atoms with Gasteiger partial charge in [-0.05, 0) is 42.8 Å². The maximum Gasteiger partial charge on any atom is 0.264 e. The first-order valence-electron chi connectivity index (χ1n) is 8.00. The van der Waals surface area contributed by atoms with Crippen molar-refractivity contribution in [3.05, 3.63) is 64.6 Å². The van der Waals surface area contributed by atoms with E-state index in [4.69, 9.17) is 4.74 Å². The average molecular weight is 365 g/mol. The summed E-state index contributed by atoms with van der Waals surface area (Å²) in [5.41, 5.74) is 1.81. The van der Waals surface area contributed by atoms with Crippen LogP contribution in [0.15, 0.2) is 53.5 Å². The number of rotatable bonds is 4. The van der Waals surface area contributed by atoms with E-state index in [2.05, 4.69) is 15.3 Å². The Morgan fingerprint density at radius 1 is 1.23 bits per heavy atom. The summed E-state index contributed by atoms with van der Waals surface area (Å²) in [6.45, 7) is 1.85. The van der Waals surface area contributed by atoms with Crippen LogP contribution in [0.3, 0.4) is 0 Å². The molecular weight excluding hydrogens is 350 g/mol. The van der Waals surface area contributed by atoms with Gasteiger partial charge in [0.05, 0.1) is 15.6 Å². The minimum atomic E-state index is -0.303. The van der Waals surface area contributed by atoms with Crippen LogP contribution in [0.1, 0.15) is 5.56 Å². The zero-order valence-corrected chi connectivity index (χ0v) is 14.7. The lowest BCUT2D eigenvalue weighted by molar-refractivity contribution is -0.118. The van der Waals surface area contributed by atoms with Gasteiger partial charge in [-0.3, -0.25) is 14.9 Å². The van der Waals surface area contributed by atoms with E-state index in [1.807, 2.05) is 25.1 Å². The minimum Gasteiger partial charge on any atom is -0.483 e. The van der Waals surface area contributed by atoms with Gasteiger partial charge in [0, 0.05) is 11.6 Å². The second kappa shape index (κ2) is 6.61. The van der Waals surface area contributed by atoms with Crippen LogP contribution < -0.4 is 15.6 Å². The molecule has 0 fully saturated rings. The molecule has 1 amide bonds. The van der Waals surface area contributed by atoms with Gasteiger partial charge in [0.1, 0.15) is 5.75 Å². The lowest BCUT2D eigenvalue weighted by Gasteiger charge is -2.08. The molecular formula is C19H15N3O3S. The molecule has 0 spiro atoms. The Bertz CT molecular complexity index is 1180. The molecule has 2 heterocycles. The average Bonchev–Trinajstić information content (AvgIpc) is 3.01. The van der Waals surface area contributed by atoms with Crippen molar-refractivity contribution in [3.63, 3.8) is 0 Å². The number of carbonyl (C=O) groups excluding carboxylic acids is 1. The molecule has 2 N–H and O–H groups in total. The minimum absolute atomic E-state index is 0.166. The van der Waals surface area contributed by atoms with Gasteiger partial charge in [0.15, 0.2) is 11.7 Å². The van der Waals surface area contributed by atoms with Gasteiger partial charge in [-0.2, -0.15) is 0 Å². The number of amides is 1. The molecule has 2 aromatic carbocycles. The zero-order chi connectivity index (χ0) is 18.1. The standard InChI is InChI=1S/C19H15N3O3S/c1-11-5-6-14-16(9-11)26-19(21-14)22-17(23)10-25-15-4-2-3-13-12(15)7-8-20-18(13)24/h2-9H,10H2,1H3,(H,20,24)(H,21,22,23). The van der Waals surface area contributed by atoms with E-state index in [-0.39, 0.29) is 18.1 Å². The molecule has 4 rings (SSSR count). The number of fused-ring (bicyclic) bond motifs is 2. The molecule has 2 aromatic heterocycles. The number of nitrogens with one attached hydrogen (secondary N) is 2. The third kappa shape index (κ3) is 3.16. The number of hydrogen-bond acceptors (Lipinski definition) is 5. The molecule has 0 aliphatic carbocycles. The van der Waals surface area contributed by atoms with Crippen molar-refractivity contribution >= 4 is 43.4 Å². The molecule has 0 radical (unpaired) electrons. The molecule has 0 bridgehead atoms. The molecule has 0 saturated carbocycles.